The number of rotatable bonds is 6. The predicted molar refractivity (Wildman–Crippen MR) is 74.1 cm³/mol. The van der Waals surface area contributed by atoms with E-state index in [0.29, 0.717) is 11.7 Å². The third-order valence-electron chi connectivity index (χ3n) is 4.22. The van der Waals surface area contributed by atoms with Crippen molar-refractivity contribution < 1.29 is 9.72 Å². The molecule has 6 heteroatoms. The van der Waals surface area contributed by atoms with E-state index in [1.54, 1.807) is 24.0 Å². The number of ketones is 1. The summed E-state index contributed by atoms with van der Waals surface area (Å²) in [5.41, 5.74) is 0. The normalized spacial score (nSPS) is 17.9. The molecule has 1 heterocycles. The van der Waals surface area contributed by atoms with E-state index in [-0.39, 0.29) is 29.6 Å². The Kier molecular flexibility index (Phi) is 4.87. The molecule has 2 rings (SSSR count). The van der Waals surface area contributed by atoms with Crippen LogP contribution in [-0.4, -0.2) is 26.8 Å². The molecule has 0 unspecified atom stereocenters. The van der Waals surface area contributed by atoms with Crippen LogP contribution in [-0.2, 0) is 7.05 Å². The Morgan fingerprint density at radius 3 is 2.75 bits per heavy atom. The minimum Gasteiger partial charge on any atom is -0.332 e. The number of aromatic nitrogens is 2. The van der Waals surface area contributed by atoms with E-state index in [4.69, 9.17) is 0 Å². The third-order valence-corrected chi connectivity index (χ3v) is 4.22. The maximum Gasteiger partial charge on any atom is 0.207 e. The number of hydrogen-bond donors (Lipinski definition) is 0. The molecule has 0 bridgehead atoms. The Bertz CT molecular complexity index is 478. The molecule has 1 aromatic heterocycles. The van der Waals surface area contributed by atoms with E-state index in [1.165, 1.54) is 6.42 Å². The van der Waals surface area contributed by atoms with Gasteiger partial charge in [0.05, 0.1) is 0 Å². The van der Waals surface area contributed by atoms with Crippen molar-refractivity contribution in [3.63, 3.8) is 0 Å². The van der Waals surface area contributed by atoms with Gasteiger partial charge in [-0.15, -0.1) is 0 Å². The summed E-state index contributed by atoms with van der Waals surface area (Å²) in [5, 5.41) is 10.9. The number of Topliss-reactive ketones (excluding diaryl/α,β-unsaturated/α-hetero) is 1. The van der Waals surface area contributed by atoms with Crippen LogP contribution in [0.5, 0.6) is 0 Å². The van der Waals surface area contributed by atoms with Gasteiger partial charge in [-0.3, -0.25) is 14.9 Å². The lowest BCUT2D eigenvalue weighted by Gasteiger charge is -2.27. The highest BCUT2D eigenvalue weighted by molar-refractivity contribution is 5.92. The fourth-order valence-corrected chi connectivity index (χ4v) is 3.14. The van der Waals surface area contributed by atoms with Gasteiger partial charge in [-0.2, -0.15) is 0 Å². The van der Waals surface area contributed by atoms with Crippen LogP contribution in [0.25, 0.3) is 0 Å². The molecule has 1 saturated carbocycles. The fraction of sp³-hybridized carbons (Fsp3) is 0.714. The first-order valence-corrected chi connectivity index (χ1v) is 7.20. The average molecular weight is 279 g/mol. The number of aryl methyl sites for hydroxylation is 1. The van der Waals surface area contributed by atoms with Crippen LogP contribution in [0.1, 0.15) is 49.1 Å². The summed E-state index contributed by atoms with van der Waals surface area (Å²) in [5.74, 6) is 0.456. The largest absolute Gasteiger partial charge is 0.332 e. The Hall–Kier alpha value is -1.72. The lowest BCUT2D eigenvalue weighted by atomic mass is 9.78. The number of imidazole rings is 1. The van der Waals surface area contributed by atoms with Crippen molar-refractivity contribution >= 4 is 5.78 Å². The standard InChI is InChI=1S/C14H21N3O3/c1-16-8-7-15-14(16)13(18)9-12(10-17(19)20)11-5-3-2-4-6-11/h7-8,11-12H,2-6,9-10H2,1H3/t12-/m0/s1. The van der Waals surface area contributed by atoms with Crippen LogP contribution < -0.4 is 0 Å². The molecule has 0 saturated heterocycles. The van der Waals surface area contributed by atoms with Crippen LogP contribution >= 0.6 is 0 Å². The summed E-state index contributed by atoms with van der Waals surface area (Å²) < 4.78 is 1.67. The second-order valence-electron chi connectivity index (χ2n) is 5.66. The van der Waals surface area contributed by atoms with Crippen molar-refractivity contribution in [1.82, 2.24) is 9.55 Å². The van der Waals surface area contributed by atoms with Gasteiger partial charge in [0.2, 0.25) is 6.54 Å². The van der Waals surface area contributed by atoms with Crippen molar-refractivity contribution in [3.05, 3.63) is 28.3 Å². The quantitative estimate of drug-likeness (QED) is 0.455. The smallest absolute Gasteiger partial charge is 0.207 e. The van der Waals surface area contributed by atoms with Gasteiger partial charge in [-0.25, -0.2) is 4.98 Å². The molecule has 110 valence electrons. The maximum absolute atomic E-state index is 12.3. The molecule has 0 aliphatic heterocycles. The number of hydrogen-bond acceptors (Lipinski definition) is 4. The molecular weight excluding hydrogens is 258 g/mol. The van der Waals surface area contributed by atoms with Crippen molar-refractivity contribution in [2.24, 2.45) is 18.9 Å². The molecule has 0 amide bonds. The van der Waals surface area contributed by atoms with Crippen molar-refractivity contribution in [2.75, 3.05) is 6.54 Å². The van der Waals surface area contributed by atoms with Gasteiger partial charge in [-0.1, -0.05) is 19.3 Å². The predicted octanol–water partition coefficient (Wildman–Crippen LogP) is 2.47. The number of nitrogens with zero attached hydrogens (tertiary/aromatic N) is 3. The first kappa shape index (κ1) is 14.7. The van der Waals surface area contributed by atoms with Gasteiger partial charge in [0.15, 0.2) is 11.6 Å². The molecule has 0 N–H and O–H groups in total. The molecular formula is C14H21N3O3. The van der Waals surface area contributed by atoms with Gasteiger partial charge in [-0.05, 0) is 18.8 Å². The molecule has 1 fully saturated rings. The van der Waals surface area contributed by atoms with Gasteiger partial charge < -0.3 is 4.57 Å². The molecule has 1 aromatic rings. The molecule has 0 radical (unpaired) electrons. The first-order valence-electron chi connectivity index (χ1n) is 7.20. The lowest BCUT2D eigenvalue weighted by Crippen LogP contribution is -2.28. The fourth-order valence-electron chi connectivity index (χ4n) is 3.14. The van der Waals surface area contributed by atoms with E-state index in [0.717, 1.165) is 25.7 Å². The summed E-state index contributed by atoms with van der Waals surface area (Å²) in [6, 6.07) is 0. The minimum atomic E-state index is -0.287. The molecule has 6 nitrogen and oxygen atoms in total. The lowest BCUT2D eigenvalue weighted by molar-refractivity contribution is -0.490. The molecule has 0 spiro atoms. The summed E-state index contributed by atoms with van der Waals surface area (Å²) in [4.78, 5) is 26.9. The monoisotopic (exact) mass is 279 g/mol. The van der Waals surface area contributed by atoms with E-state index < -0.39 is 0 Å². The zero-order valence-corrected chi connectivity index (χ0v) is 11.8. The molecule has 1 aliphatic carbocycles. The summed E-state index contributed by atoms with van der Waals surface area (Å²) in [6.45, 7) is -0.110. The van der Waals surface area contributed by atoms with Crippen LogP contribution in [0.15, 0.2) is 12.4 Å². The second-order valence-corrected chi connectivity index (χ2v) is 5.66. The van der Waals surface area contributed by atoms with Gasteiger partial charge in [0.25, 0.3) is 0 Å². The Morgan fingerprint density at radius 1 is 1.50 bits per heavy atom. The molecule has 20 heavy (non-hydrogen) atoms. The Morgan fingerprint density at radius 2 is 2.20 bits per heavy atom. The highest BCUT2D eigenvalue weighted by Crippen LogP contribution is 2.32. The molecule has 0 aromatic carbocycles. The number of carbonyl (C=O) groups is 1. The average Bonchev–Trinajstić information content (AvgIpc) is 2.85. The van der Waals surface area contributed by atoms with Gasteiger partial charge in [0, 0.05) is 36.7 Å². The second kappa shape index (κ2) is 6.63. The topological polar surface area (TPSA) is 78.0 Å². The van der Waals surface area contributed by atoms with E-state index in [9.17, 15) is 14.9 Å². The zero-order chi connectivity index (χ0) is 14.5. The van der Waals surface area contributed by atoms with E-state index >= 15 is 0 Å². The van der Waals surface area contributed by atoms with Crippen molar-refractivity contribution in [2.45, 2.75) is 38.5 Å². The Labute approximate surface area is 118 Å². The third kappa shape index (κ3) is 3.65. The van der Waals surface area contributed by atoms with Crippen molar-refractivity contribution in [1.29, 1.82) is 0 Å². The van der Waals surface area contributed by atoms with Crippen molar-refractivity contribution in [3.8, 4) is 0 Å². The van der Waals surface area contributed by atoms with E-state index in [2.05, 4.69) is 4.98 Å². The Balaban J connectivity index is 2.05. The van der Waals surface area contributed by atoms with Crippen LogP contribution in [0.2, 0.25) is 0 Å². The SMILES string of the molecule is Cn1ccnc1C(=O)C[C@@H](C[N+](=O)[O-])C1CCCCC1. The van der Waals surface area contributed by atoms with Crippen LogP contribution in [0.3, 0.4) is 0 Å². The van der Waals surface area contributed by atoms with Crippen LogP contribution in [0.4, 0.5) is 0 Å². The highest BCUT2D eigenvalue weighted by Gasteiger charge is 2.30. The zero-order valence-electron chi connectivity index (χ0n) is 11.8. The number of carbonyl (C=O) groups excluding carboxylic acids is 1. The maximum atomic E-state index is 12.3. The molecule has 1 atom stereocenters. The highest BCUT2D eigenvalue weighted by atomic mass is 16.6. The molecule has 1 aliphatic rings. The summed E-state index contributed by atoms with van der Waals surface area (Å²) >= 11 is 0. The minimum absolute atomic E-state index is 0.0880. The van der Waals surface area contributed by atoms with Gasteiger partial charge in [0.1, 0.15) is 0 Å². The van der Waals surface area contributed by atoms with Crippen LogP contribution in [0, 0.1) is 22.0 Å². The van der Waals surface area contributed by atoms with E-state index in [1.807, 2.05) is 0 Å². The summed E-state index contributed by atoms with van der Waals surface area (Å²) in [7, 11) is 1.77. The number of nitro groups is 1. The first-order chi connectivity index (χ1) is 9.58. The van der Waals surface area contributed by atoms with Gasteiger partial charge >= 0.3 is 0 Å². The summed E-state index contributed by atoms with van der Waals surface area (Å²) in [6.07, 6.45) is 8.99.